The molecule has 0 spiro atoms. The van der Waals surface area contributed by atoms with Crippen LogP contribution in [0.3, 0.4) is 0 Å². The topological polar surface area (TPSA) is 123 Å². The van der Waals surface area contributed by atoms with E-state index in [1.807, 2.05) is 0 Å². The number of halogens is 1. The van der Waals surface area contributed by atoms with Crippen molar-refractivity contribution in [2.24, 2.45) is 0 Å². The lowest BCUT2D eigenvalue weighted by molar-refractivity contribution is -0.156. The molecular weight excluding hydrogens is 484 g/mol. The first-order valence-corrected chi connectivity index (χ1v) is 9.84. The van der Waals surface area contributed by atoms with Crippen LogP contribution in [0.1, 0.15) is 35.1 Å². The van der Waals surface area contributed by atoms with Gasteiger partial charge < -0.3 is 29.5 Å². The summed E-state index contributed by atoms with van der Waals surface area (Å²) >= 11 is 3.13. The van der Waals surface area contributed by atoms with Gasteiger partial charge in [-0.3, -0.25) is 4.79 Å². The molecular formula is C23H33BrO8. The Bertz CT molecular complexity index is 827. The Hall–Kier alpha value is -2.94. The van der Waals surface area contributed by atoms with E-state index < -0.39 is 15.9 Å². The smallest absolute Gasteiger partial charge is 0.349 e. The van der Waals surface area contributed by atoms with E-state index in [1.54, 1.807) is 45.9 Å². The van der Waals surface area contributed by atoms with E-state index in [0.29, 0.717) is 5.75 Å². The average molecular weight is 517 g/mol. The number of esters is 2. The lowest BCUT2D eigenvalue weighted by Gasteiger charge is -2.23. The van der Waals surface area contributed by atoms with E-state index >= 15 is 0 Å². The molecule has 0 bridgehead atoms. The van der Waals surface area contributed by atoms with Crippen LogP contribution in [-0.2, 0) is 19.1 Å². The first-order chi connectivity index (χ1) is 14.2. The minimum Gasteiger partial charge on any atom is -0.508 e. The molecule has 0 saturated carbocycles. The highest BCUT2D eigenvalue weighted by atomic mass is 79.9. The number of rotatable bonds is 4. The standard InChI is InChI=1S/C11H14O4.C6H6O2.C5H9BrO2.CH4/c1-11(2,10(13)14-3)15-9-6-4-5-8(12)7-9;7-5-2-1-3-6(8)4-5;1-5(2,6)4(7)8-3;/h4-7,12H,1-3H3;1-4,7-8H;1-3H3;1H4. The molecule has 9 heteroatoms. The minimum atomic E-state index is -1.07. The van der Waals surface area contributed by atoms with E-state index in [-0.39, 0.29) is 30.6 Å². The summed E-state index contributed by atoms with van der Waals surface area (Å²) in [6.07, 6.45) is 0. The van der Waals surface area contributed by atoms with Crippen molar-refractivity contribution in [1.82, 2.24) is 0 Å². The SMILES string of the molecule is C.COC(=O)C(C)(C)Br.COC(=O)C(C)(C)Oc1cccc(O)c1.Oc1cccc(O)c1. The van der Waals surface area contributed by atoms with Crippen molar-refractivity contribution in [3.8, 4) is 23.0 Å². The number of benzene rings is 2. The van der Waals surface area contributed by atoms with Crippen LogP contribution < -0.4 is 4.74 Å². The molecule has 0 aliphatic carbocycles. The normalized spacial score (nSPS) is 10.1. The highest BCUT2D eigenvalue weighted by molar-refractivity contribution is 9.10. The third kappa shape index (κ3) is 12.7. The van der Waals surface area contributed by atoms with Crippen LogP contribution in [0.4, 0.5) is 0 Å². The monoisotopic (exact) mass is 516 g/mol. The number of methoxy groups -OCH3 is 2. The highest BCUT2D eigenvalue weighted by Gasteiger charge is 2.31. The molecule has 0 heterocycles. The summed E-state index contributed by atoms with van der Waals surface area (Å²) in [6, 6.07) is 12.1. The first kappa shape index (κ1) is 31.2. The minimum absolute atomic E-state index is 0. The average Bonchev–Trinajstić information content (AvgIpc) is 2.66. The van der Waals surface area contributed by atoms with Crippen molar-refractivity contribution in [1.29, 1.82) is 0 Å². The van der Waals surface area contributed by atoms with Gasteiger partial charge in [-0.1, -0.05) is 35.5 Å². The fourth-order valence-corrected chi connectivity index (χ4v) is 2.03. The Balaban J connectivity index is 0. The third-order valence-electron chi connectivity index (χ3n) is 3.37. The zero-order valence-corrected chi connectivity index (χ0v) is 20.0. The van der Waals surface area contributed by atoms with Gasteiger partial charge in [0.15, 0.2) is 5.60 Å². The van der Waals surface area contributed by atoms with Gasteiger partial charge in [0.05, 0.1) is 14.2 Å². The number of alkyl halides is 1. The Morgan fingerprint density at radius 3 is 1.47 bits per heavy atom. The van der Waals surface area contributed by atoms with Crippen molar-refractivity contribution < 1.29 is 39.1 Å². The van der Waals surface area contributed by atoms with Gasteiger partial charge in [-0.2, -0.15) is 0 Å². The molecule has 0 saturated heterocycles. The van der Waals surface area contributed by atoms with Gasteiger partial charge in [0, 0.05) is 12.1 Å². The summed E-state index contributed by atoms with van der Waals surface area (Å²) in [5.41, 5.74) is -1.07. The summed E-state index contributed by atoms with van der Waals surface area (Å²) < 4.78 is 13.9. The number of ether oxygens (including phenoxy) is 3. The van der Waals surface area contributed by atoms with Gasteiger partial charge in [-0.25, -0.2) is 4.79 Å². The summed E-state index contributed by atoms with van der Waals surface area (Å²) in [7, 11) is 2.67. The van der Waals surface area contributed by atoms with Crippen LogP contribution >= 0.6 is 15.9 Å². The molecule has 2 rings (SSSR count). The number of carbonyl (C=O) groups is 2. The quantitative estimate of drug-likeness (QED) is 0.391. The first-order valence-electron chi connectivity index (χ1n) is 9.04. The largest absolute Gasteiger partial charge is 0.508 e. The van der Waals surface area contributed by atoms with Crippen molar-refractivity contribution >= 4 is 27.9 Å². The molecule has 2 aromatic rings. The highest BCUT2D eigenvalue weighted by Crippen LogP contribution is 2.23. The maximum absolute atomic E-state index is 11.3. The summed E-state index contributed by atoms with van der Waals surface area (Å²) in [5.74, 6) is -0.0306. The molecule has 8 nitrogen and oxygen atoms in total. The number of phenols is 3. The molecule has 180 valence electrons. The second-order valence-corrected chi connectivity index (χ2v) is 9.07. The van der Waals surface area contributed by atoms with E-state index in [1.165, 1.54) is 44.6 Å². The molecule has 0 aromatic heterocycles. The Morgan fingerprint density at radius 2 is 1.19 bits per heavy atom. The number of aromatic hydroxyl groups is 3. The number of hydrogen-bond donors (Lipinski definition) is 3. The zero-order valence-electron chi connectivity index (χ0n) is 18.4. The maximum Gasteiger partial charge on any atom is 0.349 e. The van der Waals surface area contributed by atoms with Gasteiger partial charge >= 0.3 is 11.9 Å². The lowest BCUT2D eigenvalue weighted by Crippen LogP contribution is -2.39. The Morgan fingerprint density at radius 1 is 0.781 bits per heavy atom. The van der Waals surface area contributed by atoms with Gasteiger partial charge in [-0.15, -0.1) is 0 Å². The molecule has 32 heavy (non-hydrogen) atoms. The van der Waals surface area contributed by atoms with Gasteiger partial charge in [0.2, 0.25) is 0 Å². The number of phenolic OH excluding ortho intramolecular Hbond substituents is 3. The second kappa shape index (κ2) is 14.2. The summed E-state index contributed by atoms with van der Waals surface area (Å²) in [5, 5.41) is 26.5. The number of hydrogen-bond acceptors (Lipinski definition) is 8. The van der Waals surface area contributed by atoms with Gasteiger partial charge in [0.1, 0.15) is 27.3 Å². The number of carbonyl (C=O) groups excluding carboxylic acids is 2. The molecule has 0 unspecified atom stereocenters. The summed E-state index contributed by atoms with van der Waals surface area (Å²) in [4.78, 5) is 21.9. The molecule has 0 amide bonds. The van der Waals surface area contributed by atoms with Crippen LogP contribution in [0, 0.1) is 0 Å². The van der Waals surface area contributed by atoms with Gasteiger partial charge in [0.25, 0.3) is 0 Å². The van der Waals surface area contributed by atoms with Crippen LogP contribution in [0.2, 0.25) is 0 Å². The molecule has 0 fully saturated rings. The third-order valence-corrected chi connectivity index (χ3v) is 3.69. The molecule has 0 atom stereocenters. The van der Waals surface area contributed by atoms with Crippen molar-refractivity contribution in [3.05, 3.63) is 48.5 Å². The van der Waals surface area contributed by atoms with E-state index in [0.717, 1.165) is 0 Å². The Labute approximate surface area is 197 Å². The molecule has 0 aliphatic rings. The molecule has 2 aromatic carbocycles. The Kier molecular flexibility index (Phi) is 13.9. The fourth-order valence-electron chi connectivity index (χ4n) is 1.86. The molecule has 0 aliphatic heterocycles. The predicted molar refractivity (Wildman–Crippen MR) is 126 cm³/mol. The van der Waals surface area contributed by atoms with Crippen LogP contribution in [0.25, 0.3) is 0 Å². The van der Waals surface area contributed by atoms with E-state index in [2.05, 4.69) is 25.4 Å². The van der Waals surface area contributed by atoms with E-state index in [9.17, 15) is 14.7 Å². The second-order valence-electron chi connectivity index (χ2n) is 7.09. The van der Waals surface area contributed by atoms with Crippen molar-refractivity contribution in [2.45, 2.75) is 45.0 Å². The van der Waals surface area contributed by atoms with Crippen molar-refractivity contribution in [2.75, 3.05) is 14.2 Å². The maximum atomic E-state index is 11.3. The van der Waals surface area contributed by atoms with Crippen LogP contribution in [0.15, 0.2) is 48.5 Å². The van der Waals surface area contributed by atoms with E-state index in [4.69, 9.17) is 14.9 Å². The lowest BCUT2D eigenvalue weighted by atomic mass is 10.1. The summed E-state index contributed by atoms with van der Waals surface area (Å²) in [6.45, 7) is 6.67. The van der Waals surface area contributed by atoms with Crippen LogP contribution in [-0.4, -0.2) is 51.4 Å². The van der Waals surface area contributed by atoms with Crippen LogP contribution in [0.5, 0.6) is 23.0 Å². The molecule has 3 N–H and O–H groups in total. The predicted octanol–water partition coefficient (Wildman–Crippen LogP) is 4.79. The molecule has 0 radical (unpaired) electrons. The zero-order chi connectivity index (χ0) is 24.2. The van der Waals surface area contributed by atoms with Gasteiger partial charge in [-0.05, 0) is 52.0 Å². The fraction of sp³-hybridized carbons (Fsp3) is 0.391. The van der Waals surface area contributed by atoms with Crippen molar-refractivity contribution in [3.63, 3.8) is 0 Å².